The standard InChI is InChI=1S/C23H35N5O/c1-6-21(29)24-22(17(4)5)23-26-25-20-11-12-27(13-14-28(20)23)15-18-7-9-19(10-8-18)16(2)3/h7-10,16-17,22H,6,11-15H2,1-5H3,(H,24,29). The smallest absolute Gasteiger partial charge is 0.220 e. The van der Waals surface area contributed by atoms with Crippen LogP contribution in [0.15, 0.2) is 24.3 Å². The highest BCUT2D eigenvalue weighted by Crippen LogP contribution is 2.23. The summed E-state index contributed by atoms with van der Waals surface area (Å²) in [5.41, 5.74) is 2.73. The van der Waals surface area contributed by atoms with Crippen LogP contribution in [-0.4, -0.2) is 38.7 Å². The van der Waals surface area contributed by atoms with Crippen molar-refractivity contribution in [3.8, 4) is 0 Å². The molecule has 2 aromatic rings. The molecule has 0 aliphatic carbocycles. The lowest BCUT2D eigenvalue weighted by Crippen LogP contribution is -2.34. The van der Waals surface area contributed by atoms with Gasteiger partial charge in [0, 0.05) is 39.0 Å². The van der Waals surface area contributed by atoms with Gasteiger partial charge in [-0.05, 0) is 23.0 Å². The largest absolute Gasteiger partial charge is 0.346 e. The number of fused-ring (bicyclic) bond motifs is 1. The van der Waals surface area contributed by atoms with Crippen molar-refractivity contribution in [3.05, 3.63) is 47.0 Å². The lowest BCUT2D eigenvalue weighted by molar-refractivity contribution is -0.121. The summed E-state index contributed by atoms with van der Waals surface area (Å²) in [4.78, 5) is 14.5. The van der Waals surface area contributed by atoms with Crippen LogP contribution in [0.25, 0.3) is 0 Å². The molecule has 1 aromatic carbocycles. The Morgan fingerprint density at radius 3 is 2.41 bits per heavy atom. The van der Waals surface area contributed by atoms with Crippen molar-refractivity contribution in [1.82, 2.24) is 25.0 Å². The molecule has 158 valence electrons. The molecule has 0 radical (unpaired) electrons. The van der Waals surface area contributed by atoms with Gasteiger partial charge in [-0.15, -0.1) is 10.2 Å². The minimum atomic E-state index is -0.0983. The Morgan fingerprint density at radius 2 is 1.79 bits per heavy atom. The molecule has 29 heavy (non-hydrogen) atoms. The van der Waals surface area contributed by atoms with E-state index in [0.29, 0.717) is 12.3 Å². The van der Waals surface area contributed by atoms with E-state index in [1.165, 1.54) is 11.1 Å². The molecule has 1 N–H and O–H groups in total. The number of nitrogens with zero attached hydrogens (tertiary/aromatic N) is 4. The zero-order valence-corrected chi connectivity index (χ0v) is 18.5. The molecule has 0 saturated heterocycles. The number of rotatable bonds is 7. The van der Waals surface area contributed by atoms with Gasteiger partial charge in [0.25, 0.3) is 0 Å². The SMILES string of the molecule is CCC(=O)NC(c1nnc2n1CCN(Cc1ccc(C(C)C)cc1)CC2)C(C)C. The Labute approximate surface area is 174 Å². The highest BCUT2D eigenvalue weighted by molar-refractivity contribution is 5.75. The van der Waals surface area contributed by atoms with Crippen LogP contribution < -0.4 is 5.32 Å². The molecule has 0 spiro atoms. The summed E-state index contributed by atoms with van der Waals surface area (Å²) in [6.07, 6.45) is 1.36. The third-order valence-electron chi connectivity index (χ3n) is 5.78. The minimum absolute atomic E-state index is 0.0566. The summed E-state index contributed by atoms with van der Waals surface area (Å²) in [7, 11) is 0. The van der Waals surface area contributed by atoms with Gasteiger partial charge in [-0.3, -0.25) is 9.69 Å². The van der Waals surface area contributed by atoms with Crippen molar-refractivity contribution in [3.63, 3.8) is 0 Å². The normalized spacial score (nSPS) is 16.0. The number of carbonyl (C=O) groups is 1. The maximum absolute atomic E-state index is 12.0. The Morgan fingerprint density at radius 1 is 1.07 bits per heavy atom. The van der Waals surface area contributed by atoms with Crippen LogP contribution in [0.5, 0.6) is 0 Å². The van der Waals surface area contributed by atoms with Gasteiger partial charge in [0.2, 0.25) is 5.91 Å². The Hall–Kier alpha value is -2.21. The molecule has 1 aliphatic heterocycles. The number of hydrogen-bond donors (Lipinski definition) is 1. The Kier molecular flexibility index (Phi) is 7.06. The van der Waals surface area contributed by atoms with E-state index in [0.717, 1.165) is 44.2 Å². The number of nitrogens with one attached hydrogen (secondary N) is 1. The first-order valence-electron chi connectivity index (χ1n) is 10.9. The van der Waals surface area contributed by atoms with Gasteiger partial charge in [0.15, 0.2) is 5.82 Å². The molecule has 0 bridgehead atoms. The van der Waals surface area contributed by atoms with Crippen molar-refractivity contribution >= 4 is 5.91 Å². The summed E-state index contributed by atoms with van der Waals surface area (Å²) < 4.78 is 2.22. The molecule has 0 fully saturated rings. The summed E-state index contributed by atoms with van der Waals surface area (Å²) in [6, 6.07) is 8.89. The summed E-state index contributed by atoms with van der Waals surface area (Å²) in [5, 5.41) is 12.1. The van der Waals surface area contributed by atoms with Gasteiger partial charge in [-0.1, -0.05) is 58.9 Å². The zero-order valence-electron chi connectivity index (χ0n) is 18.5. The second kappa shape index (κ2) is 9.53. The van der Waals surface area contributed by atoms with E-state index in [-0.39, 0.29) is 17.9 Å². The van der Waals surface area contributed by atoms with E-state index in [4.69, 9.17) is 0 Å². The molecule has 2 heterocycles. The topological polar surface area (TPSA) is 63.1 Å². The first-order chi connectivity index (χ1) is 13.9. The van der Waals surface area contributed by atoms with Crippen LogP contribution in [0.3, 0.4) is 0 Å². The second-order valence-corrected chi connectivity index (χ2v) is 8.69. The van der Waals surface area contributed by atoms with Crippen molar-refractivity contribution in [2.45, 2.75) is 72.5 Å². The molecule has 1 unspecified atom stereocenters. The third-order valence-corrected chi connectivity index (χ3v) is 5.78. The maximum atomic E-state index is 12.0. The van der Waals surface area contributed by atoms with Gasteiger partial charge in [0.1, 0.15) is 5.82 Å². The van der Waals surface area contributed by atoms with Gasteiger partial charge in [-0.2, -0.15) is 0 Å². The van der Waals surface area contributed by atoms with Crippen molar-refractivity contribution in [1.29, 1.82) is 0 Å². The van der Waals surface area contributed by atoms with Crippen LogP contribution in [-0.2, 0) is 24.3 Å². The predicted octanol–water partition coefficient (Wildman–Crippen LogP) is 3.68. The Bertz CT molecular complexity index is 809. The second-order valence-electron chi connectivity index (χ2n) is 8.69. The van der Waals surface area contributed by atoms with E-state index in [9.17, 15) is 4.79 Å². The number of benzene rings is 1. The summed E-state index contributed by atoms with van der Waals surface area (Å²) >= 11 is 0. The van der Waals surface area contributed by atoms with E-state index in [1.54, 1.807) is 0 Å². The number of aromatic nitrogens is 3. The van der Waals surface area contributed by atoms with Gasteiger partial charge < -0.3 is 9.88 Å². The zero-order chi connectivity index (χ0) is 21.0. The predicted molar refractivity (Wildman–Crippen MR) is 116 cm³/mol. The van der Waals surface area contributed by atoms with E-state index in [1.807, 2.05) is 6.92 Å². The first kappa shape index (κ1) is 21.5. The van der Waals surface area contributed by atoms with Crippen LogP contribution in [0, 0.1) is 5.92 Å². The molecule has 1 atom stereocenters. The maximum Gasteiger partial charge on any atom is 0.220 e. The molecule has 6 heteroatoms. The molecule has 1 amide bonds. The van der Waals surface area contributed by atoms with Gasteiger partial charge in [-0.25, -0.2) is 0 Å². The minimum Gasteiger partial charge on any atom is -0.346 e. The molecular formula is C23H35N5O. The third kappa shape index (κ3) is 5.24. The molecule has 3 rings (SSSR count). The van der Waals surface area contributed by atoms with E-state index >= 15 is 0 Å². The average molecular weight is 398 g/mol. The number of amides is 1. The van der Waals surface area contributed by atoms with Crippen LogP contribution in [0.2, 0.25) is 0 Å². The van der Waals surface area contributed by atoms with E-state index in [2.05, 4.69) is 76.9 Å². The molecular weight excluding hydrogens is 362 g/mol. The van der Waals surface area contributed by atoms with E-state index < -0.39 is 0 Å². The van der Waals surface area contributed by atoms with Crippen LogP contribution >= 0.6 is 0 Å². The summed E-state index contributed by atoms with van der Waals surface area (Å²) in [5.74, 6) is 2.79. The van der Waals surface area contributed by atoms with Gasteiger partial charge >= 0.3 is 0 Å². The molecule has 1 aliphatic rings. The fourth-order valence-electron chi connectivity index (χ4n) is 3.85. The number of carbonyl (C=O) groups excluding carboxylic acids is 1. The van der Waals surface area contributed by atoms with Gasteiger partial charge in [0.05, 0.1) is 6.04 Å². The highest BCUT2D eigenvalue weighted by atomic mass is 16.1. The highest BCUT2D eigenvalue weighted by Gasteiger charge is 2.27. The lowest BCUT2D eigenvalue weighted by Gasteiger charge is -2.23. The lowest BCUT2D eigenvalue weighted by atomic mass is 10.0. The van der Waals surface area contributed by atoms with Crippen molar-refractivity contribution in [2.24, 2.45) is 5.92 Å². The quantitative estimate of drug-likeness (QED) is 0.774. The van der Waals surface area contributed by atoms with Crippen LogP contribution in [0.4, 0.5) is 0 Å². The first-order valence-corrected chi connectivity index (χ1v) is 10.9. The fourth-order valence-corrected chi connectivity index (χ4v) is 3.85. The molecule has 6 nitrogen and oxygen atoms in total. The average Bonchev–Trinajstić information content (AvgIpc) is 2.99. The van der Waals surface area contributed by atoms with Crippen molar-refractivity contribution < 1.29 is 4.79 Å². The molecule has 0 saturated carbocycles. The summed E-state index contributed by atoms with van der Waals surface area (Å²) in [6.45, 7) is 14.3. The fraction of sp³-hybridized carbons (Fsp3) is 0.609. The number of hydrogen-bond acceptors (Lipinski definition) is 4. The monoisotopic (exact) mass is 397 g/mol. The Balaban J connectivity index is 1.69. The van der Waals surface area contributed by atoms with Crippen molar-refractivity contribution in [2.75, 3.05) is 13.1 Å². The van der Waals surface area contributed by atoms with Crippen LogP contribution in [0.1, 0.15) is 75.8 Å². The molecule has 1 aromatic heterocycles.